The van der Waals surface area contributed by atoms with Crippen LogP contribution in [0.4, 0.5) is 0 Å². The van der Waals surface area contributed by atoms with Gasteiger partial charge in [-0.25, -0.2) is 0 Å². The first-order chi connectivity index (χ1) is 7.58. The molecule has 1 aromatic rings. The number of rotatable bonds is 3. The number of hydrogen-bond acceptors (Lipinski definition) is 4. The molecule has 0 aliphatic carbocycles. The Bertz CT molecular complexity index is 440. The van der Waals surface area contributed by atoms with Crippen molar-refractivity contribution >= 4 is 17.6 Å². The second-order valence-electron chi connectivity index (χ2n) is 3.25. The maximum absolute atomic E-state index is 11.1. The Morgan fingerprint density at radius 3 is 2.94 bits per heavy atom. The van der Waals surface area contributed by atoms with Gasteiger partial charge < -0.3 is 10.5 Å². The minimum atomic E-state index is -0.765. The van der Waals surface area contributed by atoms with Crippen molar-refractivity contribution in [1.29, 1.82) is 5.26 Å². The Kier molecular flexibility index (Phi) is 4.29. The van der Waals surface area contributed by atoms with Gasteiger partial charge in [0.2, 0.25) is 0 Å². The maximum Gasteiger partial charge on any atom is 0.322 e. The van der Waals surface area contributed by atoms with Crippen LogP contribution in [0.3, 0.4) is 0 Å². The maximum atomic E-state index is 11.1. The Labute approximate surface area is 98.6 Å². The van der Waals surface area contributed by atoms with Crippen LogP contribution >= 0.6 is 11.6 Å². The molecule has 16 heavy (non-hydrogen) atoms. The topological polar surface area (TPSA) is 76.1 Å². The molecule has 0 saturated heterocycles. The molecule has 0 bridgehead atoms. The van der Waals surface area contributed by atoms with Crippen molar-refractivity contribution in [3.63, 3.8) is 0 Å². The summed E-state index contributed by atoms with van der Waals surface area (Å²) in [6.07, 6.45) is 0.257. The van der Waals surface area contributed by atoms with E-state index in [0.29, 0.717) is 16.1 Å². The van der Waals surface area contributed by atoms with Crippen molar-refractivity contribution in [2.24, 2.45) is 5.73 Å². The number of halogens is 1. The molecule has 0 amide bonds. The highest BCUT2D eigenvalue weighted by Gasteiger charge is 2.16. The third-order valence-electron chi connectivity index (χ3n) is 2.14. The van der Waals surface area contributed by atoms with Crippen LogP contribution in [0.5, 0.6) is 0 Å². The first-order valence-electron chi connectivity index (χ1n) is 4.60. The average molecular weight is 239 g/mol. The van der Waals surface area contributed by atoms with Gasteiger partial charge in [0.05, 0.1) is 18.7 Å². The first kappa shape index (κ1) is 12.5. The van der Waals surface area contributed by atoms with Gasteiger partial charge in [0, 0.05) is 5.02 Å². The third kappa shape index (κ3) is 2.96. The number of hydrogen-bond donors (Lipinski definition) is 1. The second-order valence-corrected chi connectivity index (χ2v) is 3.68. The second kappa shape index (κ2) is 5.50. The average Bonchev–Trinajstić information content (AvgIpc) is 2.30. The van der Waals surface area contributed by atoms with E-state index in [1.54, 1.807) is 18.2 Å². The number of carbonyl (C=O) groups excluding carboxylic acids is 1. The SMILES string of the molecule is COC(=O)[C@@H](N)Cc1ccc(Cl)cc1C#N. The summed E-state index contributed by atoms with van der Waals surface area (Å²) in [5.41, 5.74) is 6.71. The van der Waals surface area contributed by atoms with E-state index in [1.165, 1.54) is 7.11 Å². The first-order valence-corrected chi connectivity index (χ1v) is 4.98. The molecule has 0 aliphatic rings. The number of nitriles is 1. The summed E-state index contributed by atoms with van der Waals surface area (Å²) in [5.74, 6) is -0.501. The normalized spacial score (nSPS) is 11.6. The molecule has 1 rings (SSSR count). The molecule has 0 radical (unpaired) electrons. The standard InChI is InChI=1S/C11H11ClN2O2/c1-16-11(15)10(14)5-7-2-3-9(12)4-8(7)6-13/h2-4,10H,5,14H2,1H3/t10-/m0/s1. The third-order valence-corrected chi connectivity index (χ3v) is 2.37. The molecule has 2 N–H and O–H groups in total. The van der Waals surface area contributed by atoms with Gasteiger partial charge in [0.1, 0.15) is 6.04 Å². The predicted molar refractivity (Wildman–Crippen MR) is 59.9 cm³/mol. The number of esters is 1. The van der Waals surface area contributed by atoms with Crippen LogP contribution in [0.2, 0.25) is 5.02 Å². The van der Waals surface area contributed by atoms with E-state index >= 15 is 0 Å². The zero-order valence-electron chi connectivity index (χ0n) is 8.74. The van der Waals surface area contributed by atoms with E-state index in [9.17, 15) is 4.79 Å². The van der Waals surface area contributed by atoms with Gasteiger partial charge in [-0.2, -0.15) is 5.26 Å². The fraction of sp³-hybridized carbons (Fsp3) is 0.273. The predicted octanol–water partition coefficient (Wildman–Crippen LogP) is 1.25. The molecule has 1 atom stereocenters. The molecular formula is C11H11ClN2O2. The molecule has 1 aromatic carbocycles. The highest BCUT2D eigenvalue weighted by atomic mass is 35.5. The zero-order chi connectivity index (χ0) is 12.1. The van der Waals surface area contributed by atoms with Gasteiger partial charge in [0.15, 0.2) is 0 Å². The van der Waals surface area contributed by atoms with Crippen molar-refractivity contribution in [2.45, 2.75) is 12.5 Å². The van der Waals surface area contributed by atoms with E-state index in [1.807, 2.05) is 6.07 Å². The van der Waals surface area contributed by atoms with E-state index < -0.39 is 12.0 Å². The van der Waals surface area contributed by atoms with E-state index in [4.69, 9.17) is 22.6 Å². The smallest absolute Gasteiger partial charge is 0.322 e. The number of methoxy groups -OCH3 is 1. The highest BCUT2D eigenvalue weighted by Crippen LogP contribution is 2.16. The summed E-state index contributed by atoms with van der Waals surface area (Å²) in [7, 11) is 1.27. The van der Waals surface area contributed by atoms with Crippen LogP contribution < -0.4 is 5.73 Å². The summed E-state index contributed by atoms with van der Waals surface area (Å²) in [5, 5.41) is 9.36. The molecule has 5 heteroatoms. The monoisotopic (exact) mass is 238 g/mol. The molecule has 0 saturated carbocycles. The number of carbonyl (C=O) groups is 1. The largest absolute Gasteiger partial charge is 0.468 e. The lowest BCUT2D eigenvalue weighted by molar-refractivity contribution is -0.142. The fourth-order valence-corrected chi connectivity index (χ4v) is 1.47. The van der Waals surface area contributed by atoms with Gasteiger partial charge in [-0.3, -0.25) is 4.79 Å². The minimum absolute atomic E-state index is 0.257. The summed E-state index contributed by atoms with van der Waals surface area (Å²) in [6.45, 7) is 0. The van der Waals surface area contributed by atoms with Gasteiger partial charge in [-0.05, 0) is 24.1 Å². The van der Waals surface area contributed by atoms with Crippen LogP contribution in [-0.2, 0) is 16.0 Å². The van der Waals surface area contributed by atoms with Crippen LogP contribution in [0.1, 0.15) is 11.1 Å². The van der Waals surface area contributed by atoms with Gasteiger partial charge in [-0.1, -0.05) is 17.7 Å². The van der Waals surface area contributed by atoms with Crippen LogP contribution in [0.25, 0.3) is 0 Å². The fourth-order valence-electron chi connectivity index (χ4n) is 1.30. The highest BCUT2D eigenvalue weighted by molar-refractivity contribution is 6.30. The molecule has 4 nitrogen and oxygen atoms in total. The summed E-state index contributed by atoms with van der Waals surface area (Å²) >= 11 is 5.75. The Hall–Kier alpha value is -1.57. The number of nitrogens with zero attached hydrogens (tertiary/aromatic N) is 1. The van der Waals surface area contributed by atoms with E-state index in [0.717, 1.165) is 0 Å². The van der Waals surface area contributed by atoms with Crippen molar-refractivity contribution in [3.05, 3.63) is 34.3 Å². The van der Waals surface area contributed by atoms with Crippen LogP contribution in [-0.4, -0.2) is 19.1 Å². The molecule has 84 valence electrons. The van der Waals surface area contributed by atoms with Gasteiger partial charge in [0.25, 0.3) is 0 Å². The molecule has 0 aliphatic heterocycles. The summed E-state index contributed by atoms with van der Waals surface area (Å²) < 4.78 is 4.51. The molecular weight excluding hydrogens is 228 g/mol. The van der Waals surface area contributed by atoms with Crippen molar-refractivity contribution in [2.75, 3.05) is 7.11 Å². The van der Waals surface area contributed by atoms with E-state index in [2.05, 4.69) is 4.74 Å². The number of benzene rings is 1. The zero-order valence-corrected chi connectivity index (χ0v) is 9.49. The van der Waals surface area contributed by atoms with Gasteiger partial charge in [-0.15, -0.1) is 0 Å². The van der Waals surface area contributed by atoms with Crippen molar-refractivity contribution in [3.8, 4) is 6.07 Å². The lowest BCUT2D eigenvalue weighted by Crippen LogP contribution is -2.33. The summed E-state index contributed by atoms with van der Waals surface area (Å²) in [4.78, 5) is 11.1. The quantitative estimate of drug-likeness (QED) is 0.805. The Morgan fingerprint density at radius 1 is 1.69 bits per heavy atom. The molecule has 0 aromatic heterocycles. The molecule has 0 heterocycles. The number of nitrogens with two attached hydrogens (primary N) is 1. The Morgan fingerprint density at radius 2 is 2.38 bits per heavy atom. The van der Waals surface area contributed by atoms with Crippen LogP contribution in [0.15, 0.2) is 18.2 Å². The summed E-state index contributed by atoms with van der Waals surface area (Å²) in [6, 6.07) is 6.12. The van der Waals surface area contributed by atoms with Crippen LogP contribution in [0, 0.1) is 11.3 Å². The van der Waals surface area contributed by atoms with E-state index in [-0.39, 0.29) is 6.42 Å². The molecule has 0 fully saturated rings. The molecule has 0 unspecified atom stereocenters. The lowest BCUT2D eigenvalue weighted by atomic mass is 10.0. The minimum Gasteiger partial charge on any atom is -0.468 e. The number of ether oxygens (including phenoxy) is 1. The molecule has 0 spiro atoms. The Balaban J connectivity index is 2.90. The van der Waals surface area contributed by atoms with Crippen molar-refractivity contribution < 1.29 is 9.53 Å². The van der Waals surface area contributed by atoms with Gasteiger partial charge >= 0.3 is 5.97 Å². The lowest BCUT2D eigenvalue weighted by Gasteiger charge is -2.10. The van der Waals surface area contributed by atoms with Crippen molar-refractivity contribution in [1.82, 2.24) is 0 Å².